The first kappa shape index (κ1) is 60.1. The highest BCUT2D eigenvalue weighted by Crippen LogP contribution is 2.41. The SMILES string of the molecule is CC(C)(C)[C@H](c1cc(-c2cc(F)ccc2F)cn1Cc1ccccc1)N(CCCNC(=O)OCC[Si](C)(C)C)C(=O)CSCCC(=O)NCCC(=O)N[C@@H](CCC(=O)OCc1ccccc1)C(=O)OCc1ccccc1. The lowest BCUT2D eigenvalue weighted by Crippen LogP contribution is -2.44. The minimum absolute atomic E-state index is 0.000757. The smallest absolute Gasteiger partial charge is 0.407 e. The summed E-state index contributed by atoms with van der Waals surface area (Å²) in [7, 11) is -1.43. The van der Waals surface area contributed by atoms with Crippen LogP contribution in [0.4, 0.5) is 13.6 Å². The van der Waals surface area contributed by atoms with Gasteiger partial charge < -0.3 is 39.6 Å². The summed E-state index contributed by atoms with van der Waals surface area (Å²) in [6, 6.07) is 32.1. The van der Waals surface area contributed by atoms with Gasteiger partial charge in [0.05, 0.1) is 18.4 Å². The predicted octanol–water partition coefficient (Wildman–Crippen LogP) is 10.2. The number of benzene rings is 4. The van der Waals surface area contributed by atoms with Crippen molar-refractivity contribution >= 4 is 55.6 Å². The van der Waals surface area contributed by atoms with Crippen molar-refractivity contribution in [1.82, 2.24) is 25.4 Å². The number of carbonyl (C=O) groups is 6. The van der Waals surface area contributed by atoms with Gasteiger partial charge in [0.15, 0.2) is 0 Å². The third kappa shape index (κ3) is 21.1. The van der Waals surface area contributed by atoms with E-state index in [0.29, 0.717) is 30.8 Å². The van der Waals surface area contributed by atoms with E-state index in [4.69, 9.17) is 14.2 Å². The fourth-order valence-corrected chi connectivity index (χ4v) is 9.71. The summed E-state index contributed by atoms with van der Waals surface area (Å²) in [5.74, 6) is -3.29. The van der Waals surface area contributed by atoms with Crippen LogP contribution in [0.2, 0.25) is 25.7 Å². The molecule has 14 nitrogen and oxygen atoms in total. The normalized spacial score (nSPS) is 12.2. The summed E-state index contributed by atoms with van der Waals surface area (Å²) < 4.78 is 48.2. The Hall–Kier alpha value is -6.79. The molecule has 0 aliphatic carbocycles. The van der Waals surface area contributed by atoms with E-state index in [9.17, 15) is 33.2 Å². The maximum absolute atomic E-state index is 15.4. The largest absolute Gasteiger partial charge is 0.461 e. The van der Waals surface area contributed by atoms with Crippen LogP contribution in [-0.2, 0) is 57.9 Å². The van der Waals surface area contributed by atoms with E-state index in [1.54, 1.807) is 23.2 Å². The second-order valence-corrected chi connectivity index (χ2v) is 27.5. The number of nitrogens with one attached hydrogen (secondary N) is 3. The quantitative estimate of drug-likeness (QED) is 0.0181. The van der Waals surface area contributed by atoms with Crippen molar-refractivity contribution in [3.05, 3.63) is 155 Å². The number of amides is 4. The van der Waals surface area contributed by atoms with Crippen molar-refractivity contribution in [3.8, 4) is 11.1 Å². The van der Waals surface area contributed by atoms with E-state index in [2.05, 4.69) is 35.6 Å². The number of esters is 2. The lowest BCUT2D eigenvalue weighted by atomic mass is 9.83. The Bertz CT molecular complexity index is 2670. The highest BCUT2D eigenvalue weighted by Gasteiger charge is 2.37. The van der Waals surface area contributed by atoms with Gasteiger partial charge in [-0.2, -0.15) is 11.8 Å². The maximum Gasteiger partial charge on any atom is 0.407 e. The van der Waals surface area contributed by atoms with Crippen LogP contribution in [0.1, 0.15) is 81.3 Å². The summed E-state index contributed by atoms with van der Waals surface area (Å²) >= 11 is 1.27. The van der Waals surface area contributed by atoms with Crippen molar-refractivity contribution in [2.45, 2.75) is 110 Å². The molecule has 0 aliphatic heterocycles. The van der Waals surface area contributed by atoms with Gasteiger partial charge in [-0.1, -0.05) is 131 Å². The molecular weight excluding hydrogens is 1010 g/mol. The Kier molecular flexibility index (Phi) is 23.8. The maximum atomic E-state index is 15.4. The number of ether oxygens (including phenoxy) is 3. The molecule has 0 spiro atoms. The number of carbonyl (C=O) groups excluding carboxylic acids is 6. The molecule has 0 fully saturated rings. The summed E-state index contributed by atoms with van der Waals surface area (Å²) in [6.07, 6.45) is 1.28. The number of aromatic nitrogens is 1. The van der Waals surface area contributed by atoms with Crippen LogP contribution in [0.15, 0.2) is 121 Å². The monoisotopic (exact) mass is 1080 g/mol. The zero-order valence-electron chi connectivity index (χ0n) is 44.5. The molecule has 3 N–H and O–H groups in total. The average Bonchev–Trinajstić information content (AvgIpc) is 3.78. The van der Waals surface area contributed by atoms with Gasteiger partial charge in [0, 0.05) is 82.3 Å². The Labute approximate surface area is 451 Å². The van der Waals surface area contributed by atoms with Crippen molar-refractivity contribution in [1.29, 1.82) is 0 Å². The average molecular weight is 1080 g/mol. The lowest BCUT2D eigenvalue weighted by Gasteiger charge is -2.41. The third-order valence-corrected chi connectivity index (χ3v) is 14.8. The zero-order chi connectivity index (χ0) is 55.1. The van der Waals surface area contributed by atoms with E-state index in [0.717, 1.165) is 40.9 Å². The van der Waals surface area contributed by atoms with Gasteiger partial charge >= 0.3 is 18.0 Å². The molecule has 18 heteroatoms. The molecular formula is C58H73F2N5O9SSi. The number of halogens is 2. The fraction of sp³-hybridized carbons (Fsp3) is 0.414. The Morgan fingerprint density at radius 3 is 1.99 bits per heavy atom. The third-order valence-electron chi connectivity index (χ3n) is 12.1. The van der Waals surface area contributed by atoms with Crippen LogP contribution in [0.25, 0.3) is 11.1 Å². The molecule has 4 amide bonds. The number of nitrogens with zero attached hydrogens (tertiary/aromatic N) is 2. The number of hydrogen-bond donors (Lipinski definition) is 3. The van der Waals surface area contributed by atoms with Gasteiger partial charge in [0.1, 0.15) is 30.9 Å². The van der Waals surface area contributed by atoms with E-state index in [1.165, 1.54) is 11.8 Å². The van der Waals surface area contributed by atoms with Gasteiger partial charge in [0.25, 0.3) is 0 Å². The second kappa shape index (κ2) is 30.1. The number of alkyl carbamates (subject to hydrolysis) is 1. The van der Waals surface area contributed by atoms with Crippen LogP contribution in [-0.4, -0.2) is 97.1 Å². The van der Waals surface area contributed by atoms with Gasteiger partial charge in [0.2, 0.25) is 17.7 Å². The molecule has 0 saturated carbocycles. The van der Waals surface area contributed by atoms with Crippen LogP contribution in [0.5, 0.6) is 0 Å². The molecule has 0 radical (unpaired) electrons. The Balaban J connectivity index is 1.21. The topological polar surface area (TPSA) is 174 Å². The van der Waals surface area contributed by atoms with Gasteiger partial charge in [-0.15, -0.1) is 0 Å². The number of thioether (sulfide) groups is 1. The van der Waals surface area contributed by atoms with Gasteiger partial charge in [-0.05, 0) is 65.3 Å². The molecule has 0 saturated heterocycles. The summed E-state index contributed by atoms with van der Waals surface area (Å²) in [4.78, 5) is 81.0. The minimum atomic E-state index is -1.43. The van der Waals surface area contributed by atoms with E-state index in [1.807, 2.05) is 110 Å². The first-order valence-corrected chi connectivity index (χ1v) is 30.6. The van der Waals surface area contributed by atoms with Gasteiger partial charge in [-0.25, -0.2) is 18.4 Å². The van der Waals surface area contributed by atoms with Crippen molar-refractivity contribution in [2.75, 3.05) is 37.7 Å². The molecule has 0 unspecified atom stereocenters. The molecule has 0 aliphatic rings. The molecule has 0 bridgehead atoms. The standard InChI is InChI=1S/C58H73F2N5O9SSi/c1-58(2,3)55(50-35-45(47-36-46(59)23-24-48(47)60)38-64(50)37-42-17-10-7-11-18-42)65(31-16-29-62-57(71)72-32-34-76(4,5)6)53(68)41-75-33-28-51(66)61-30-27-52(67)63-49(56(70)74-40-44-21-14-9-15-22-44)25-26-54(69)73-39-43-19-12-8-13-20-43/h7-15,17-24,35-36,38,49,55H,16,25-34,37,39-41H2,1-6H3,(H,61,66)(H,62,71)(H,63,67)/t49-,55-/m0/s1. The fourth-order valence-electron chi connectivity index (χ4n) is 8.18. The summed E-state index contributed by atoms with van der Waals surface area (Å²) in [6.45, 7) is 13.8. The van der Waals surface area contributed by atoms with Crippen molar-refractivity contribution in [3.63, 3.8) is 0 Å². The highest BCUT2D eigenvalue weighted by molar-refractivity contribution is 7.99. The Morgan fingerprint density at radius 1 is 0.724 bits per heavy atom. The molecule has 2 atom stereocenters. The molecule has 4 aromatic carbocycles. The van der Waals surface area contributed by atoms with Crippen molar-refractivity contribution < 1.29 is 51.8 Å². The van der Waals surface area contributed by atoms with Crippen LogP contribution < -0.4 is 16.0 Å². The summed E-state index contributed by atoms with van der Waals surface area (Å²) in [5, 5.41) is 8.20. The lowest BCUT2D eigenvalue weighted by molar-refractivity contribution is -0.150. The summed E-state index contributed by atoms with van der Waals surface area (Å²) in [5.41, 5.74) is 3.14. The number of rotatable bonds is 29. The molecule has 76 heavy (non-hydrogen) atoms. The van der Waals surface area contributed by atoms with E-state index in [-0.39, 0.29) is 87.4 Å². The molecule has 408 valence electrons. The second-order valence-electron chi connectivity index (χ2n) is 20.8. The predicted molar refractivity (Wildman–Crippen MR) is 295 cm³/mol. The van der Waals surface area contributed by atoms with Crippen LogP contribution in [0.3, 0.4) is 0 Å². The molecule has 1 aromatic heterocycles. The first-order valence-electron chi connectivity index (χ1n) is 25.7. The molecule has 5 aromatic rings. The zero-order valence-corrected chi connectivity index (χ0v) is 46.4. The number of hydrogen-bond acceptors (Lipinski definition) is 10. The molecule has 1 heterocycles. The highest BCUT2D eigenvalue weighted by atomic mass is 32.2. The van der Waals surface area contributed by atoms with E-state index >= 15 is 4.39 Å². The van der Waals surface area contributed by atoms with Crippen LogP contribution in [0, 0.1) is 17.0 Å². The van der Waals surface area contributed by atoms with Crippen molar-refractivity contribution in [2.24, 2.45) is 5.41 Å². The van der Waals surface area contributed by atoms with Gasteiger partial charge in [-0.3, -0.25) is 19.2 Å². The molecule has 5 rings (SSSR count). The first-order chi connectivity index (χ1) is 36.3. The van der Waals surface area contributed by atoms with Crippen LogP contribution >= 0.6 is 11.8 Å². The minimum Gasteiger partial charge on any atom is -0.461 e. The Morgan fingerprint density at radius 2 is 1.36 bits per heavy atom. The van der Waals surface area contributed by atoms with E-state index < -0.39 is 61.1 Å².